The third-order valence-corrected chi connectivity index (χ3v) is 2.30. The van der Waals surface area contributed by atoms with E-state index in [1.165, 1.54) is 0 Å². The van der Waals surface area contributed by atoms with Gasteiger partial charge in [-0.3, -0.25) is 0 Å². The molecule has 0 spiro atoms. The number of allylic oxidation sites excluding steroid dienone is 8. The molecular weight excluding hydrogens is 584 g/mol. The van der Waals surface area contributed by atoms with Crippen molar-refractivity contribution in [3.05, 3.63) is 74.3 Å². The topological polar surface area (TPSA) is 0 Å². The molecule has 6 heteroatoms. The first-order chi connectivity index (χ1) is 12.1. The number of hydrogen-bond acceptors (Lipinski definition) is 0. The van der Waals surface area contributed by atoms with Crippen molar-refractivity contribution in [2.45, 2.75) is 53.4 Å². The molecule has 0 fully saturated rings. The van der Waals surface area contributed by atoms with E-state index >= 15 is 0 Å². The first kappa shape index (κ1) is 34.4. The molecule has 0 radical (unpaired) electrons. The Balaban J connectivity index is -0.000000143. The standard InChI is InChI=1S/2C10H16.4ClH.2Ru/c2*1-9(2)7-5-6-8-10(3)4;;;;;;/h2*7-8H,1,3,5-6H2,2,4H3;4*1H;;/q2*-2;;;;;2*+4/p-4/b2*9-7+,10-8+;;;;;;. The average molecular weight is 616 g/mol. The SMILES string of the molecule is [CH2-]/C(C)=C\CC/C=C(\[CH2-])C.[CH2-]/C(C)=C\CC/C=C(\[CH2-])C.[Cl][Ru+2][Cl].[Cl][Ru+2][Cl]. The molecule has 0 aliphatic carbocycles. The van der Waals surface area contributed by atoms with E-state index in [0.717, 1.165) is 48.0 Å². The van der Waals surface area contributed by atoms with Gasteiger partial charge in [0.1, 0.15) is 0 Å². The van der Waals surface area contributed by atoms with Gasteiger partial charge in [0.05, 0.1) is 0 Å². The Morgan fingerprint density at radius 3 is 0.731 bits per heavy atom. The van der Waals surface area contributed by atoms with E-state index < -0.39 is 0 Å². The van der Waals surface area contributed by atoms with Gasteiger partial charge in [-0.05, 0) is 0 Å². The molecule has 0 aliphatic heterocycles. The van der Waals surface area contributed by atoms with Crippen LogP contribution in [0.4, 0.5) is 0 Å². The van der Waals surface area contributed by atoms with E-state index in [9.17, 15) is 0 Å². The minimum absolute atomic E-state index is 0.346. The van der Waals surface area contributed by atoms with Crippen molar-refractivity contribution in [2.24, 2.45) is 0 Å². The molecule has 0 amide bonds. The monoisotopic (exact) mass is 616 g/mol. The maximum atomic E-state index is 4.85. The van der Waals surface area contributed by atoms with Crippen LogP contribution in [0.5, 0.6) is 0 Å². The molecule has 156 valence electrons. The molecule has 0 unspecified atom stereocenters. The van der Waals surface area contributed by atoms with Crippen LogP contribution in [0.3, 0.4) is 0 Å². The molecule has 0 saturated carbocycles. The second-order valence-corrected chi connectivity index (χ2v) is 10.7. The van der Waals surface area contributed by atoms with Gasteiger partial charge in [-0.2, -0.15) is 0 Å². The van der Waals surface area contributed by atoms with E-state index in [2.05, 4.69) is 52.0 Å². The fraction of sp³-hybridized carbons (Fsp3) is 0.400. The van der Waals surface area contributed by atoms with E-state index in [-0.39, 0.29) is 30.3 Å². The van der Waals surface area contributed by atoms with Crippen LogP contribution in [0.15, 0.2) is 46.6 Å². The van der Waals surface area contributed by atoms with Gasteiger partial charge in [0.25, 0.3) is 0 Å². The van der Waals surface area contributed by atoms with Crippen molar-refractivity contribution < 1.29 is 30.3 Å². The first-order valence-electron chi connectivity index (χ1n) is 7.74. The Hall–Kier alpha value is 0.847. The van der Waals surface area contributed by atoms with Crippen molar-refractivity contribution in [1.82, 2.24) is 0 Å². The van der Waals surface area contributed by atoms with Crippen molar-refractivity contribution >= 4 is 38.8 Å². The fourth-order valence-corrected chi connectivity index (χ4v) is 1.32. The molecule has 0 heterocycles. The summed E-state index contributed by atoms with van der Waals surface area (Å²) in [5, 5.41) is 0. The zero-order valence-electron chi connectivity index (χ0n) is 16.2. The number of unbranched alkanes of at least 4 members (excludes halogenated alkanes) is 2. The van der Waals surface area contributed by atoms with Gasteiger partial charge in [0.15, 0.2) is 0 Å². The Kier molecular flexibility index (Phi) is 40.4. The van der Waals surface area contributed by atoms with Gasteiger partial charge in [-0.15, -0.1) is 25.7 Å². The summed E-state index contributed by atoms with van der Waals surface area (Å²) in [5.74, 6) is 0. The summed E-state index contributed by atoms with van der Waals surface area (Å²) < 4.78 is 0. The van der Waals surface area contributed by atoms with Crippen molar-refractivity contribution in [3.63, 3.8) is 0 Å². The molecule has 0 aromatic rings. The van der Waals surface area contributed by atoms with Crippen LogP contribution in [0, 0.1) is 27.7 Å². The summed E-state index contributed by atoms with van der Waals surface area (Å²) in [4.78, 5) is 0. The second-order valence-electron chi connectivity index (χ2n) is 5.46. The Labute approximate surface area is 195 Å². The molecule has 0 nitrogen and oxygen atoms in total. The molecule has 0 aromatic heterocycles. The van der Waals surface area contributed by atoms with Crippen LogP contribution >= 0.6 is 38.8 Å². The summed E-state index contributed by atoms with van der Waals surface area (Å²) in [6.07, 6.45) is 12.9. The molecule has 0 saturated heterocycles. The molecule has 0 rings (SSSR count). The van der Waals surface area contributed by atoms with Crippen LogP contribution in [0.2, 0.25) is 0 Å². The quantitative estimate of drug-likeness (QED) is 0.159. The summed E-state index contributed by atoms with van der Waals surface area (Å²) in [6, 6.07) is 0. The van der Waals surface area contributed by atoms with Crippen LogP contribution in [-0.4, -0.2) is 0 Å². The first-order valence-corrected chi connectivity index (χ1v) is 16.7. The van der Waals surface area contributed by atoms with E-state index in [1.54, 1.807) is 0 Å². The van der Waals surface area contributed by atoms with Crippen LogP contribution in [0.25, 0.3) is 0 Å². The Morgan fingerprint density at radius 1 is 0.538 bits per heavy atom. The van der Waals surface area contributed by atoms with E-state index in [4.69, 9.17) is 38.8 Å². The molecular formula is C20H32Cl4Ru2. The minimum atomic E-state index is -0.346. The summed E-state index contributed by atoms with van der Waals surface area (Å²) >= 11 is -0.691. The van der Waals surface area contributed by atoms with Crippen LogP contribution in [-0.2, 0) is 30.3 Å². The summed E-state index contributed by atoms with van der Waals surface area (Å²) in [5.41, 5.74) is 4.59. The molecule has 0 aromatic carbocycles. The molecule has 0 aliphatic rings. The van der Waals surface area contributed by atoms with E-state index in [0.29, 0.717) is 0 Å². The van der Waals surface area contributed by atoms with Gasteiger partial charge in [0, 0.05) is 0 Å². The number of hydrogen-bond donors (Lipinski definition) is 0. The predicted octanol–water partition coefficient (Wildman–Crippen LogP) is 9.41. The third kappa shape index (κ3) is 64.1. The average Bonchev–Trinajstić information content (AvgIpc) is 2.50. The van der Waals surface area contributed by atoms with E-state index in [1.807, 2.05) is 27.7 Å². The second kappa shape index (κ2) is 30.6. The molecule has 0 bridgehead atoms. The zero-order chi connectivity index (χ0) is 21.4. The Morgan fingerprint density at radius 2 is 0.654 bits per heavy atom. The molecule has 0 N–H and O–H groups in total. The Bertz CT molecular complexity index is 311. The van der Waals surface area contributed by atoms with Crippen LogP contribution < -0.4 is 0 Å². The number of rotatable bonds is 6. The van der Waals surface area contributed by atoms with Crippen LogP contribution in [0.1, 0.15) is 53.4 Å². The van der Waals surface area contributed by atoms with Gasteiger partial charge in [-0.1, -0.05) is 27.7 Å². The van der Waals surface area contributed by atoms with Crippen molar-refractivity contribution in [3.8, 4) is 0 Å². The molecule has 26 heavy (non-hydrogen) atoms. The third-order valence-electron chi connectivity index (χ3n) is 2.30. The fourth-order valence-electron chi connectivity index (χ4n) is 1.32. The van der Waals surface area contributed by atoms with Crippen molar-refractivity contribution in [2.75, 3.05) is 0 Å². The van der Waals surface area contributed by atoms with Gasteiger partial charge >= 0.3 is 69.1 Å². The van der Waals surface area contributed by atoms with Gasteiger partial charge in [-0.25, -0.2) is 74.3 Å². The predicted molar refractivity (Wildman–Crippen MR) is 118 cm³/mol. The normalized spacial score (nSPS) is 12.0. The molecule has 0 atom stereocenters. The zero-order valence-corrected chi connectivity index (χ0v) is 22.7. The number of halogens is 4. The maximum absolute atomic E-state index is 4.85. The summed E-state index contributed by atoms with van der Waals surface area (Å²) in [7, 11) is 19.4. The van der Waals surface area contributed by atoms with Crippen molar-refractivity contribution in [1.29, 1.82) is 0 Å². The van der Waals surface area contributed by atoms with Gasteiger partial charge < -0.3 is 0 Å². The van der Waals surface area contributed by atoms with Gasteiger partial charge in [0.2, 0.25) is 0 Å². The summed E-state index contributed by atoms with van der Waals surface area (Å²) in [6.45, 7) is 23.2.